The predicted octanol–water partition coefficient (Wildman–Crippen LogP) is 17.5. The SMILES string of the molecule is C=C/C=C(\C=C/C)n1c2c(c3cc(C(=C/CC)/C(C)=C\C)ccc31)/C=C1\C(=C)C3=C(\C(C)C(C)C2)N(c2ccccc2)c2ccc(/C(=C/C=C\C)CC)cc2C(=C)/C=C\3C(C)C1C. The van der Waals surface area contributed by atoms with Gasteiger partial charge in [0.05, 0.1) is 11.2 Å². The fourth-order valence-electron chi connectivity index (χ4n) is 10.2. The molecule has 2 bridgehead atoms. The van der Waals surface area contributed by atoms with E-state index in [0.717, 1.165) is 53.0 Å². The normalized spacial score (nSPS) is 24.2. The highest BCUT2D eigenvalue weighted by Gasteiger charge is 2.41. The summed E-state index contributed by atoms with van der Waals surface area (Å²) in [5, 5.41) is 1.26. The number of allylic oxidation sites excluding steroid dienone is 20. The second kappa shape index (κ2) is 19.1. The van der Waals surface area contributed by atoms with Crippen LogP contribution in [-0.2, 0) is 6.42 Å². The number of anilines is 2. The molecule has 4 atom stereocenters. The number of hydrogen-bond donors (Lipinski definition) is 0. The Labute approximate surface area is 379 Å². The van der Waals surface area contributed by atoms with Gasteiger partial charge in [0.1, 0.15) is 0 Å². The van der Waals surface area contributed by atoms with Gasteiger partial charge in [0.25, 0.3) is 0 Å². The number of rotatable bonds is 10. The molecule has 0 N–H and O–H groups in total. The van der Waals surface area contributed by atoms with E-state index in [-0.39, 0.29) is 23.7 Å². The molecule has 3 aliphatic rings. The molecule has 2 heterocycles. The van der Waals surface area contributed by atoms with Gasteiger partial charge in [-0.3, -0.25) is 0 Å². The van der Waals surface area contributed by atoms with Gasteiger partial charge in [-0.25, -0.2) is 0 Å². The summed E-state index contributed by atoms with van der Waals surface area (Å²) in [7, 11) is 0. The van der Waals surface area contributed by atoms with Crippen LogP contribution in [0.3, 0.4) is 0 Å². The molecule has 0 spiro atoms. The molecule has 322 valence electrons. The Balaban J connectivity index is 1.60. The number of hydrogen-bond acceptors (Lipinski definition) is 1. The Morgan fingerprint density at radius 3 is 2.21 bits per heavy atom. The largest absolute Gasteiger partial charge is 0.313 e. The fraction of sp³-hybridized carbons (Fsp3) is 0.279. The number of benzene rings is 3. The molecule has 2 nitrogen and oxygen atoms in total. The highest BCUT2D eigenvalue weighted by molar-refractivity contribution is 5.99. The van der Waals surface area contributed by atoms with Crippen LogP contribution in [0.1, 0.15) is 110 Å². The minimum Gasteiger partial charge on any atom is -0.313 e. The zero-order valence-corrected chi connectivity index (χ0v) is 39.6. The topological polar surface area (TPSA) is 8.17 Å². The zero-order valence-electron chi connectivity index (χ0n) is 39.6. The van der Waals surface area contributed by atoms with Gasteiger partial charge >= 0.3 is 0 Å². The fourth-order valence-corrected chi connectivity index (χ4v) is 10.2. The van der Waals surface area contributed by atoms with E-state index in [0.29, 0.717) is 0 Å². The molecule has 1 aromatic heterocycles. The number of para-hydroxylation sites is 1. The predicted molar refractivity (Wildman–Crippen MR) is 279 cm³/mol. The molecule has 0 saturated heterocycles. The molecule has 4 unspecified atom stereocenters. The molecule has 0 radical (unpaired) electrons. The first-order valence-corrected chi connectivity index (χ1v) is 23.3. The van der Waals surface area contributed by atoms with Crippen molar-refractivity contribution in [1.29, 1.82) is 0 Å². The molecular weight excluding hydrogens is 761 g/mol. The summed E-state index contributed by atoms with van der Waals surface area (Å²) in [4.78, 5) is 2.57. The van der Waals surface area contributed by atoms with Crippen molar-refractivity contribution in [2.75, 3.05) is 4.90 Å². The maximum Gasteiger partial charge on any atom is 0.0538 e. The number of fused-ring (bicyclic) bond motifs is 5. The van der Waals surface area contributed by atoms with Crippen LogP contribution in [0.2, 0.25) is 0 Å². The molecule has 2 heteroatoms. The first-order chi connectivity index (χ1) is 30.4. The maximum atomic E-state index is 5.12. The Kier molecular flexibility index (Phi) is 13.6. The molecular formula is C61H68N2. The van der Waals surface area contributed by atoms with Gasteiger partial charge in [-0.1, -0.05) is 140 Å². The third kappa shape index (κ3) is 8.17. The maximum absolute atomic E-state index is 5.12. The smallest absolute Gasteiger partial charge is 0.0538 e. The quantitative estimate of drug-likeness (QED) is 0.145. The van der Waals surface area contributed by atoms with E-state index in [9.17, 15) is 0 Å². The van der Waals surface area contributed by atoms with Crippen molar-refractivity contribution in [3.8, 4) is 0 Å². The third-order valence-electron chi connectivity index (χ3n) is 14.0. The van der Waals surface area contributed by atoms with E-state index in [1.165, 1.54) is 72.4 Å². The molecule has 4 aromatic rings. The molecule has 1 fully saturated rings. The van der Waals surface area contributed by atoms with Gasteiger partial charge in [-0.05, 0) is 169 Å². The average Bonchev–Trinajstić information content (AvgIpc) is 3.58. The standard InChI is InChI=1S/C61H68N2/c1-14-20-27-46(19-6)47-30-32-57-52(36-47)41(9)34-54-44(12)43(11)53-38-56-55-37-48(51(26-17-4)39(7)18-5)31-33-58(55)62(49(24-15-2)25-16-3)59(56)35-40(8)42(10)61(60(54)45(53)13)63(57)50-28-22-21-23-29-50/h14-16,18,20-34,36-38,40,42-44H,2,9,13,17,19,35H2,1,3-8,10-12H3/b20-14-,25-16-,39-18-,46-27+,49-24+,51-26+,53-38-,54-34-,61-60-. The first kappa shape index (κ1) is 44.9. The Morgan fingerprint density at radius 1 is 0.810 bits per heavy atom. The van der Waals surface area contributed by atoms with Crippen LogP contribution >= 0.6 is 0 Å². The van der Waals surface area contributed by atoms with E-state index < -0.39 is 0 Å². The summed E-state index contributed by atoms with van der Waals surface area (Å²) in [6, 6.07) is 25.1. The lowest BCUT2D eigenvalue weighted by Gasteiger charge is -2.44. The lowest BCUT2D eigenvalue weighted by atomic mass is 9.66. The minimum atomic E-state index is 0.125. The summed E-state index contributed by atoms with van der Waals surface area (Å²) in [6.45, 7) is 36.9. The van der Waals surface area contributed by atoms with Crippen LogP contribution in [-0.4, -0.2) is 4.57 Å². The Bertz CT molecular complexity index is 2750. The van der Waals surface area contributed by atoms with Crippen molar-refractivity contribution < 1.29 is 0 Å². The second-order valence-corrected chi connectivity index (χ2v) is 17.7. The number of aromatic nitrogens is 1. The van der Waals surface area contributed by atoms with Gasteiger partial charge in [-0.2, -0.15) is 0 Å². The summed E-state index contributed by atoms with van der Waals surface area (Å²) in [5.74, 6) is 0.765. The van der Waals surface area contributed by atoms with E-state index in [4.69, 9.17) is 13.2 Å². The summed E-state index contributed by atoms with van der Waals surface area (Å²) < 4.78 is 2.52. The lowest BCUT2D eigenvalue weighted by Crippen LogP contribution is -2.34. The van der Waals surface area contributed by atoms with Crippen LogP contribution in [0.4, 0.5) is 11.4 Å². The van der Waals surface area contributed by atoms with Crippen LogP contribution in [0.5, 0.6) is 0 Å². The molecule has 2 aliphatic carbocycles. The molecule has 63 heavy (non-hydrogen) atoms. The highest BCUT2D eigenvalue weighted by atomic mass is 15.2. The monoisotopic (exact) mass is 829 g/mol. The first-order valence-electron chi connectivity index (χ1n) is 23.3. The highest BCUT2D eigenvalue weighted by Crippen LogP contribution is 2.54. The van der Waals surface area contributed by atoms with Crippen LogP contribution in [0.25, 0.3) is 39.4 Å². The summed E-state index contributed by atoms with van der Waals surface area (Å²) in [6.07, 6.45) is 27.3. The van der Waals surface area contributed by atoms with Crippen molar-refractivity contribution in [3.63, 3.8) is 0 Å². The van der Waals surface area contributed by atoms with Crippen molar-refractivity contribution in [2.24, 2.45) is 23.7 Å². The average molecular weight is 829 g/mol. The Morgan fingerprint density at radius 2 is 1.54 bits per heavy atom. The lowest BCUT2D eigenvalue weighted by molar-refractivity contribution is 0.420. The van der Waals surface area contributed by atoms with Crippen LogP contribution in [0, 0.1) is 23.7 Å². The molecule has 0 amide bonds. The van der Waals surface area contributed by atoms with E-state index in [2.05, 4.69) is 213 Å². The van der Waals surface area contributed by atoms with Crippen LogP contribution < -0.4 is 4.90 Å². The minimum absolute atomic E-state index is 0.125. The van der Waals surface area contributed by atoms with Crippen molar-refractivity contribution >= 4 is 50.8 Å². The van der Waals surface area contributed by atoms with E-state index >= 15 is 0 Å². The van der Waals surface area contributed by atoms with Crippen molar-refractivity contribution in [1.82, 2.24) is 4.57 Å². The van der Waals surface area contributed by atoms with E-state index in [1.807, 2.05) is 6.08 Å². The van der Waals surface area contributed by atoms with Crippen molar-refractivity contribution in [3.05, 3.63) is 209 Å². The molecule has 7 rings (SSSR count). The summed E-state index contributed by atoms with van der Waals surface area (Å²) >= 11 is 0. The van der Waals surface area contributed by atoms with Gasteiger partial charge in [0, 0.05) is 50.8 Å². The molecule has 1 aliphatic heterocycles. The van der Waals surface area contributed by atoms with Gasteiger partial charge in [0.2, 0.25) is 0 Å². The third-order valence-corrected chi connectivity index (χ3v) is 14.0. The molecule has 1 saturated carbocycles. The Hall–Kier alpha value is -6.12. The van der Waals surface area contributed by atoms with Crippen molar-refractivity contribution in [2.45, 2.75) is 88.5 Å². The van der Waals surface area contributed by atoms with E-state index in [1.54, 1.807) is 0 Å². The zero-order chi connectivity index (χ0) is 45.1. The summed E-state index contributed by atoms with van der Waals surface area (Å²) in [5.41, 5.74) is 22.1. The molecule has 3 aromatic carbocycles. The van der Waals surface area contributed by atoms with Gasteiger partial charge in [0.15, 0.2) is 0 Å². The van der Waals surface area contributed by atoms with Crippen LogP contribution in [0.15, 0.2) is 181 Å². The number of nitrogens with zero attached hydrogens (tertiary/aromatic N) is 2. The van der Waals surface area contributed by atoms with Gasteiger partial charge in [-0.15, -0.1) is 0 Å². The van der Waals surface area contributed by atoms with Gasteiger partial charge < -0.3 is 9.47 Å². The second-order valence-electron chi connectivity index (χ2n) is 17.7.